The van der Waals surface area contributed by atoms with Gasteiger partial charge in [-0.3, -0.25) is 13.9 Å². The zero-order valence-electron chi connectivity index (χ0n) is 24.5. The number of esters is 2. The van der Waals surface area contributed by atoms with Crippen LogP contribution in [0.1, 0.15) is 57.3 Å². The normalized spacial score (nSPS) is 27.0. The lowest BCUT2D eigenvalue weighted by atomic mass is 9.70. The largest absolute Gasteiger partial charge is 0.453 e. The van der Waals surface area contributed by atoms with Crippen molar-refractivity contribution in [2.75, 3.05) is 17.7 Å². The van der Waals surface area contributed by atoms with Gasteiger partial charge in [-0.25, -0.2) is 9.59 Å². The van der Waals surface area contributed by atoms with Gasteiger partial charge in [-0.05, 0) is 53.7 Å². The predicted molar refractivity (Wildman–Crippen MR) is 165 cm³/mol. The Morgan fingerprint density at radius 1 is 1.02 bits per heavy atom. The molecule has 2 aromatic carbocycles. The van der Waals surface area contributed by atoms with E-state index in [4.69, 9.17) is 14.2 Å². The molecule has 1 saturated heterocycles. The molecular weight excluding hydrogens is 636 g/mol. The van der Waals surface area contributed by atoms with Gasteiger partial charge in [0, 0.05) is 10.7 Å². The fourth-order valence-corrected chi connectivity index (χ4v) is 8.45. The van der Waals surface area contributed by atoms with Crippen molar-refractivity contribution < 1.29 is 33.4 Å². The van der Waals surface area contributed by atoms with Crippen LogP contribution in [0.15, 0.2) is 60.7 Å². The van der Waals surface area contributed by atoms with E-state index in [9.17, 15) is 19.2 Å². The Labute approximate surface area is 264 Å². The van der Waals surface area contributed by atoms with Gasteiger partial charge in [-0.15, -0.1) is 0 Å². The van der Waals surface area contributed by atoms with Crippen LogP contribution < -0.4 is 5.32 Å². The number of amides is 2. The molecule has 230 valence electrons. The molecule has 5 atom stereocenters. The van der Waals surface area contributed by atoms with E-state index in [1.165, 1.54) is 4.31 Å². The summed E-state index contributed by atoms with van der Waals surface area (Å²) in [5.41, 5.74) is 1.61. The number of fused-ring (bicyclic) bond motifs is 2. The highest BCUT2D eigenvalue weighted by atomic mass is 79.9. The van der Waals surface area contributed by atoms with Crippen LogP contribution in [0.25, 0.3) is 0 Å². The molecule has 1 aliphatic heterocycles. The number of benzene rings is 2. The molecule has 5 unspecified atom stereocenters. The van der Waals surface area contributed by atoms with Crippen LogP contribution in [-0.2, 0) is 28.6 Å². The van der Waals surface area contributed by atoms with Crippen molar-refractivity contribution >= 4 is 51.8 Å². The second kappa shape index (κ2) is 12.9. The van der Waals surface area contributed by atoms with E-state index >= 15 is 0 Å². The summed E-state index contributed by atoms with van der Waals surface area (Å²) >= 11 is 4.38. The minimum Gasteiger partial charge on any atom is -0.453 e. The Kier molecular flexibility index (Phi) is 9.41. The first-order chi connectivity index (χ1) is 20.5. The van der Waals surface area contributed by atoms with Crippen LogP contribution in [0, 0.1) is 16.7 Å². The zero-order chi connectivity index (χ0) is 30.8. The van der Waals surface area contributed by atoms with Crippen molar-refractivity contribution in [2.45, 2.75) is 64.3 Å². The Morgan fingerprint density at radius 3 is 2.19 bits per heavy atom. The molecule has 2 aromatic rings. The van der Waals surface area contributed by atoms with Crippen molar-refractivity contribution in [3.05, 3.63) is 71.8 Å². The summed E-state index contributed by atoms with van der Waals surface area (Å²) in [7, 11) is 0. The number of rotatable bonds is 11. The highest BCUT2D eigenvalue weighted by Gasteiger charge is 2.63. The lowest BCUT2D eigenvalue weighted by Gasteiger charge is -2.45. The second-order valence-corrected chi connectivity index (χ2v) is 13.7. The maximum absolute atomic E-state index is 12.9. The Balaban J connectivity index is 1.07. The van der Waals surface area contributed by atoms with E-state index < -0.39 is 36.8 Å². The highest BCUT2D eigenvalue weighted by Crippen LogP contribution is 2.66. The summed E-state index contributed by atoms with van der Waals surface area (Å²) in [6, 6.07) is 17.5. The zero-order valence-corrected chi connectivity index (χ0v) is 26.9. The molecule has 43 heavy (non-hydrogen) atoms. The minimum absolute atomic E-state index is 0.0773. The van der Waals surface area contributed by atoms with Crippen LogP contribution in [0.3, 0.4) is 0 Å². The van der Waals surface area contributed by atoms with Crippen LogP contribution in [0.4, 0.5) is 4.79 Å². The number of halogens is 1. The van der Waals surface area contributed by atoms with Crippen LogP contribution >= 0.6 is 27.9 Å². The van der Waals surface area contributed by atoms with Crippen molar-refractivity contribution in [3.63, 3.8) is 0 Å². The number of alkyl halides is 1. The van der Waals surface area contributed by atoms with Gasteiger partial charge in [-0.2, -0.15) is 0 Å². The van der Waals surface area contributed by atoms with E-state index in [1.807, 2.05) is 60.7 Å². The summed E-state index contributed by atoms with van der Waals surface area (Å²) in [6.45, 7) is 6.13. The summed E-state index contributed by atoms with van der Waals surface area (Å²) in [5.74, 6) is -1.34. The topological polar surface area (TPSA) is 111 Å². The molecule has 0 aromatic heterocycles. The number of carbonyl (C=O) groups excluding carboxylic acids is 4. The maximum Gasteiger partial charge on any atom is 0.408 e. The first-order valence-corrected chi connectivity index (χ1v) is 16.6. The Bertz CT molecular complexity index is 1300. The number of nitrogens with one attached hydrogen (secondary N) is 1. The molecule has 9 nitrogen and oxygen atoms in total. The quantitative estimate of drug-likeness (QED) is 0.111. The molecule has 5 rings (SSSR count). The molecule has 2 saturated carbocycles. The van der Waals surface area contributed by atoms with E-state index in [0.717, 1.165) is 42.3 Å². The van der Waals surface area contributed by atoms with Gasteiger partial charge in [0.2, 0.25) is 0 Å². The van der Waals surface area contributed by atoms with E-state index in [-0.39, 0.29) is 34.6 Å². The molecule has 11 heteroatoms. The van der Waals surface area contributed by atoms with E-state index in [2.05, 4.69) is 42.0 Å². The SMILES string of the molecule is CC1(C)C2CCC1(C)C(OC(=O)NC1C(=O)N(SCC(=O)OCC(=O)OC(c3ccccc3)c3ccccc3)C1CBr)C2. The number of ether oxygens (including phenoxy) is 3. The molecule has 2 aliphatic carbocycles. The molecule has 0 radical (unpaired) electrons. The average Bonchev–Trinajstić information content (AvgIpc) is 3.34. The number of carbonyl (C=O) groups is 4. The summed E-state index contributed by atoms with van der Waals surface area (Å²) < 4.78 is 18.1. The number of alkyl carbamates (subject to hydrolysis) is 1. The standard InChI is InChI=1S/C32H37BrN2O7S/c1-31(2)22-14-15-32(31,3)24(16-22)41-30(39)34-27-23(17-33)35(29(27)38)43-19-26(37)40-18-25(36)42-28(20-10-6-4-7-11-20)21-12-8-5-9-13-21/h4-13,22-24,27-28H,14-19H2,1-3H3,(H,34,39). The van der Waals surface area contributed by atoms with Crippen LogP contribution in [0.2, 0.25) is 0 Å². The van der Waals surface area contributed by atoms with Gasteiger partial charge >= 0.3 is 18.0 Å². The molecule has 3 aliphatic rings. The summed E-state index contributed by atoms with van der Waals surface area (Å²) in [4.78, 5) is 50.7. The lowest BCUT2D eigenvalue weighted by Crippen LogP contribution is -2.69. The van der Waals surface area contributed by atoms with Crippen molar-refractivity contribution in [3.8, 4) is 0 Å². The van der Waals surface area contributed by atoms with Crippen molar-refractivity contribution in [1.82, 2.24) is 9.62 Å². The Morgan fingerprint density at radius 2 is 1.65 bits per heavy atom. The van der Waals surface area contributed by atoms with Gasteiger partial charge in [0.25, 0.3) is 5.91 Å². The number of nitrogens with zero attached hydrogens (tertiary/aromatic N) is 1. The van der Waals surface area contributed by atoms with Crippen LogP contribution in [0.5, 0.6) is 0 Å². The Hall–Kier alpha value is -3.05. The second-order valence-electron chi connectivity index (χ2n) is 12.1. The molecule has 2 amide bonds. The molecule has 2 bridgehead atoms. The third kappa shape index (κ3) is 6.29. The first-order valence-electron chi connectivity index (χ1n) is 14.5. The van der Waals surface area contributed by atoms with Gasteiger partial charge < -0.3 is 19.5 Å². The number of hydrogen-bond acceptors (Lipinski definition) is 8. The fourth-order valence-electron chi connectivity index (χ4n) is 6.64. The number of hydrogen-bond donors (Lipinski definition) is 1. The smallest absolute Gasteiger partial charge is 0.408 e. The van der Waals surface area contributed by atoms with Gasteiger partial charge in [0.1, 0.15) is 17.9 Å². The summed E-state index contributed by atoms with van der Waals surface area (Å²) in [6.07, 6.45) is 1.60. The first kappa shape index (κ1) is 31.4. The van der Waals surface area contributed by atoms with Crippen LogP contribution in [-0.4, -0.2) is 64.1 Å². The molecule has 1 N–H and O–H groups in total. The maximum atomic E-state index is 12.9. The van der Waals surface area contributed by atoms with E-state index in [0.29, 0.717) is 11.2 Å². The monoisotopic (exact) mass is 672 g/mol. The molecule has 0 spiro atoms. The third-order valence-corrected chi connectivity index (χ3v) is 11.4. The van der Waals surface area contributed by atoms with E-state index in [1.54, 1.807) is 0 Å². The molecular formula is C32H37BrN2O7S. The fraction of sp³-hybridized carbons (Fsp3) is 0.500. The lowest BCUT2D eigenvalue weighted by molar-refractivity contribution is -0.160. The highest BCUT2D eigenvalue weighted by molar-refractivity contribution is 9.09. The molecule has 1 heterocycles. The number of β-lactam (4-membered cyclic amide) rings is 1. The van der Waals surface area contributed by atoms with Gasteiger partial charge in [0.15, 0.2) is 12.7 Å². The predicted octanol–water partition coefficient (Wildman–Crippen LogP) is 5.43. The molecule has 3 fully saturated rings. The average molecular weight is 674 g/mol. The summed E-state index contributed by atoms with van der Waals surface area (Å²) in [5, 5.41) is 3.13. The third-order valence-electron chi connectivity index (χ3n) is 9.69. The van der Waals surface area contributed by atoms with Crippen molar-refractivity contribution in [2.24, 2.45) is 16.7 Å². The minimum atomic E-state index is -0.752. The van der Waals surface area contributed by atoms with Gasteiger partial charge in [-0.1, -0.05) is 97.4 Å². The van der Waals surface area contributed by atoms with Crippen molar-refractivity contribution in [1.29, 1.82) is 0 Å². The van der Waals surface area contributed by atoms with Gasteiger partial charge in [0.05, 0.1) is 6.04 Å².